The van der Waals surface area contributed by atoms with Crippen molar-refractivity contribution in [2.45, 2.75) is 69.1 Å². The van der Waals surface area contributed by atoms with E-state index in [-0.39, 0.29) is 43.1 Å². The number of benzene rings is 2. The van der Waals surface area contributed by atoms with Gasteiger partial charge in [0.05, 0.1) is 23.3 Å². The summed E-state index contributed by atoms with van der Waals surface area (Å²) in [5, 5.41) is 11.4. The van der Waals surface area contributed by atoms with Crippen molar-refractivity contribution in [2.75, 3.05) is 13.1 Å². The molecule has 4 rings (SSSR count). The molecule has 1 aliphatic heterocycles. The Morgan fingerprint density at radius 2 is 1.59 bits per heavy atom. The van der Waals surface area contributed by atoms with Gasteiger partial charge in [0, 0.05) is 31.0 Å². The van der Waals surface area contributed by atoms with Crippen molar-refractivity contribution in [3.63, 3.8) is 0 Å². The quantitative estimate of drug-likeness (QED) is 0.365. The molecular formula is C28H29F7N2O4. The lowest BCUT2D eigenvalue weighted by Crippen LogP contribution is -2.47. The Hall–Kier alpha value is -3.35. The molecule has 2 aromatic rings. The summed E-state index contributed by atoms with van der Waals surface area (Å²) in [4.78, 5) is 25.9. The zero-order chi connectivity index (χ0) is 30.1. The summed E-state index contributed by atoms with van der Waals surface area (Å²) in [5.41, 5.74) is -2.59. The summed E-state index contributed by atoms with van der Waals surface area (Å²) in [6.07, 6.45) is -11.5. The monoisotopic (exact) mass is 590 g/mol. The molecular weight excluding hydrogens is 561 g/mol. The van der Waals surface area contributed by atoms with Crippen LogP contribution in [-0.4, -0.2) is 47.2 Å². The van der Waals surface area contributed by atoms with Crippen LogP contribution in [0.3, 0.4) is 0 Å². The van der Waals surface area contributed by atoms with Gasteiger partial charge in [0.1, 0.15) is 5.82 Å². The summed E-state index contributed by atoms with van der Waals surface area (Å²) in [7, 11) is 0. The average molecular weight is 591 g/mol. The van der Waals surface area contributed by atoms with Crippen LogP contribution in [0.2, 0.25) is 0 Å². The highest BCUT2D eigenvalue weighted by Gasteiger charge is 2.40. The molecule has 1 aliphatic carbocycles. The van der Waals surface area contributed by atoms with E-state index in [9.17, 15) is 40.3 Å². The van der Waals surface area contributed by atoms with Gasteiger partial charge >= 0.3 is 18.4 Å². The SMILES string of the molecule is C[C@@H](O[C@H]1CCN(C(=O)[C@@H]2CC[C@H](NC(=O)O)C2)C[C@@H]1c1ccc(F)cc1)c1cc(C(F)(F)F)cc(C(F)(F)F)c1. The number of carboxylic acid groups (broad SMARTS) is 1. The minimum Gasteiger partial charge on any atom is -0.465 e. The molecule has 0 bridgehead atoms. The number of nitrogens with one attached hydrogen (secondary N) is 1. The Labute approximate surface area is 231 Å². The van der Waals surface area contributed by atoms with Gasteiger partial charge in [-0.15, -0.1) is 0 Å². The molecule has 41 heavy (non-hydrogen) atoms. The first-order valence-corrected chi connectivity index (χ1v) is 13.1. The standard InChI is InChI=1S/C28H29F7N2O4/c1-15(18-10-19(27(30,31)32)13-20(11-18)28(33,34)35)41-24-8-9-37(14-23(24)16-2-5-21(29)6-3-16)25(38)17-4-7-22(12-17)36-26(39)40/h2-3,5-6,10-11,13,15,17,22-24,36H,4,7-9,12,14H2,1H3,(H,39,40)/t15-,17-,22+,23-,24+/m1/s1. The van der Waals surface area contributed by atoms with E-state index in [0.717, 1.165) is 0 Å². The Bertz CT molecular complexity index is 1220. The van der Waals surface area contributed by atoms with E-state index >= 15 is 0 Å². The van der Waals surface area contributed by atoms with Gasteiger partial charge in [0.15, 0.2) is 0 Å². The highest BCUT2D eigenvalue weighted by molar-refractivity contribution is 5.79. The largest absolute Gasteiger partial charge is 0.465 e. The predicted octanol–water partition coefficient (Wildman–Crippen LogP) is 6.76. The van der Waals surface area contributed by atoms with Gasteiger partial charge in [-0.1, -0.05) is 12.1 Å². The van der Waals surface area contributed by atoms with Crippen LogP contribution in [0.1, 0.15) is 66.9 Å². The second kappa shape index (κ2) is 11.9. The number of carbonyl (C=O) groups is 2. The molecule has 1 heterocycles. The van der Waals surface area contributed by atoms with Crippen molar-refractivity contribution in [1.29, 1.82) is 0 Å². The first-order valence-electron chi connectivity index (χ1n) is 13.1. The molecule has 0 spiro atoms. The van der Waals surface area contributed by atoms with Gasteiger partial charge in [-0.25, -0.2) is 9.18 Å². The molecule has 1 saturated heterocycles. The molecule has 0 radical (unpaired) electrons. The molecule has 6 nitrogen and oxygen atoms in total. The maximum atomic E-state index is 13.7. The fourth-order valence-electron chi connectivity index (χ4n) is 5.65. The van der Waals surface area contributed by atoms with Crippen LogP contribution in [0.15, 0.2) is 42.5 Å². The number of alkyl halides is 6. The number of rotatable bonds is 6. The topological polar surface area (TPSA) is 78.9 Å². The van der Waals surface area contributed by atoms with E-state index in [1.165, 1.54) is 31.2 Å². The van der Waals surface area contributed by atoms with Crippen molar-refractivity contribution >= 4 is 12.0 Å². The highest BCUT2D eigenvalue weighted by Crippen LogP contribution is 2.40. The van der Waals surface area contributed by atoms with Gasteiger partial charge in [-0.05, 0) is 74.1 Å². The smallest absolute Gasteiger partial charge is 0.416 e. The summed E-state index contributed by atoms with van der Waals surface area (Å²) in [5.74, 6) is -1.62. The Balaban J connectivity index is 1.56. The average Bonchev–Trinajstić information content (AvgIpc) is 3.35. The Morgan fingerprint density at radius 3 is 2.15 bits per heavy atom. The zero-order valence-electron chi connectivity index (χ0n) is 21.9. The summed E-state index contributed by atoms with van der Waals surface area (Å²) in [6.45, 7) is 1.71. The van der Waals surface area contributed by atoms with Crippen LogP contribution in [0.4, 0.5) is 35.5 Å². The minimum atomic E-state index is -5.00. The van der Waals surface area contributed by atoms with Gasteiger partial charge in [-0.3, -0.25) is 4.79 Å². The van der Waals surface area contributed by atoms with Crippen molar-refractivity contribution in [3.8, 4) is 0 Å². The van der Waals surface area contributed by atoms with Crippen LogP contribution in [0.5, 0.6) is 0 Å². The second-order valence-electron chi connectivity index (χ2n) is 10.5. The third kappa shape index (κ3) is 7.49. The first-order chi connectivity index (χ1) is 19.1. The van der Waals surface area contributed by atoms with Crippen molar-refractivity contribution in [1.82, 2.24) is 10.2 Å². The molecule has 5 atom stereocenters. The second-order valence-corrected chi connectivity index (χ2v) is 10.5. The van der Waals surface area contributed by atoms with E-state index in [4.69, 9.17) is 9.84 Å². The summed E-state index contributed by atoms with van der Waals surface area (Å²) in [6, 6.07) is 6.43. The van der Waals surface area contributed by atoms with Gasteiger partial charge in [0.25, 0.3) is 0 Å². The van der Waals surface area contributed by atoms with Crippen molar-refractivity contribution < 1.29 is 50.2 Å². The van der Waals surface area contributed by atoms with Crippen LogP contribution in [0, 0.1) is 11.7 Å². The number of ether oxygens (including phenoxy) is 1. The summed E-state index contributed by atoms with van der Waals surface area (Å²) < 4.78 is 100. The molecule has 2 N–H and O–H groups in total. The lowest BCUT2D eigenvalue weighted by molar-refractivity contribution is -0.143. The number of hydrogen-bond acceptors (Lipinski definition) is 3. The van der Waals surface area contributed by atoms with Crippen LogP contribution >= 0.6 is 0 Å². The van der Waals surface area contributed by atoms with E-state index in [1.54, 1.807) is 4.90 Å². The third-order valence-electron chi connectivity index (χ3n) is 7.73. The van der Waals surface area contributed by atoms with Crippen molar-refractivity contribution in [2.24, 2.45) is 5.92 Å². The third-order valence-corrected chi connectivity index (χ3v) is 7.73. The molecule has 2 fully saturated rings. The van der Waals surface area contributed by atoms with Crippen LogP contribution in [-0.2, 0) is 21.9 Å². The molecule has 224 valence electrons. The van der Waals surface area contributed by atoms with E-state index in [1.807, 2.05) is 0 Å². The lowest BCUT2D eigenvalue weighted by atomic mass is 9.86. The number of amides is 2. The molecule has 0 unspecified atom stereocenters. The fraction of sp³-hybridized carbons (Fsp3) is 0.500. The number of likely N-dealkylation sites (tertiary alicyclic amines) is 1. The molecule has 13 heteroatoms. The minimum absolute atomic E-state index is 0.0567. The molecule has 1 saturated carbocycles. The predicted molar refractivity (Wildman–Crippen MR) is 132 cm³/mol. The number of piperidine rings is 1. The number of carbonyl (C=O) groups excluding carboxylic acids is 1. The normalized spacial score (nSPS) is 24.2. The number of nitrogens with zero attached hydrogens (tertiary/aromatic N) is 1. The lowest BCUT2D eigenvalue weighted by Gasteiger charge is -2.41. The van der Waals surface area contributed by atoms with Gasteiger partial charge < -0.3 is 20.1 Å². The van der Waals surface area contributed by atoms with Crippen molar-refractivity contribution in [3.05, 3.63) is 70.5 Å². The van der Waals surface area contributed by atoms with Crippen LogP contribution in [0.25, 0.3) is 0 Å². The van der Waals surface area contributed by atoms with E-state index in [0.29, 0.717) is 37.0 Å². The molecule has 2 aliphatic rings. The first kappa shape index (κ1) is 30.6. The fourth-order valence-corrected chi connectivity index (χ4v) is 5.65. The molecule has 2 aromatic carbocycles. The zero-order valence-corrected chi connectivity index (χ0v) is 21.9. The maximum Gasteiger partial charge on any atom is 0.416 e. The Morgan fingerprint density at radius 1 is 0.976 bits per heavy atom. The number of hydrogen-bond donors (Lipinski definition) is 2. The van der Waals surface area contributed by atoms with Crippen LogP contribution < -0.4 is 5.32 Å². The van der Waals surface area contributed by atoms with E-state index < -0.39 is 59.4 Å². The molecule has 2 amide bonds. The van der Waals surface area contributed by atoms with Gasteiger partial charge in [-0.2, -0.15) is 26.3 Å². The highest BCUT2D eigenvalue weighted by atomic mass is 19.4. The Kier molecular flexibility index (Phi) is 8.86. The van der Waals surface area contributed by atoms with E-state index in [2.05, 4.69) is 5.32 Å². The van der Waals surface area contributed by atoms with Gasteiger partial charge in [0.2, 0.25) is 5.91 Å². The molecule has 0 aromatic heterocycles. The maximum absolute atomic E-state index is 13.7. The number of halogens is 7. The summed E-state index contributed by atoms with van der Waals surface area (Å²) >= 11 is 0.